The van der Waals surface area contributed by atoms with Crippen molar-refractivity contribution >= 4 is 5.91 Å². The third kappa shape index (κ3) is 4.48. The van der Waals surface area contributed by atoms with Crippen molar-refractivity contribution in [3.63, 3.8) is 0 Å². The summed E-state index contributed by atoms with van der Waals surface area (Å²) in [7, 11) is 0. The Bertz CT molecular complexity index is 274. The molecule has 0 unspecified atom stereocenters. The number of amides is 1. The molecule has 0 aromatic rings. The molecule has 19 heavy (non-hydrogen) atoms. The van der Waals surface area contributed by atoms with E-state index in [1.807, 2.05) is 0 Å². The zero-order valence-electron chi connectivity index (χ0n) is 12.5. The van der Waals surface area contributed by atoms with Crippen LogP contribution in [0.2, 0.25) is 0 Å². The van der Waals surface area contributed by atoms with E-state index in [0.717, 1.165) is 38.4 Å². The van der Waals surface area contributed by atoms with Gasteiger partial charge in [-0.2, -0.15) is 0 Å². The lowest BCUT2D eigenvalue weighted by atomic mass is 10.00. The fraction of sp³-hybridized carbons (Fsp3) is 0.938. The molecule has 2 aliphatic rings. The standard InChI is InChI=1S/C16H30N2O/c1-2-15-10-5-6-12-18(15)13-7-11-17-16(19)14-8-3-4-9-14/h14-15H,2-13H2,1H3,(H,17,19)/t15-/m1/s1. The fourth-order valence-corrected chi connectivity index (χ4v) is 3.64. The summed E-state index contributed by atoms with van der Waals surface area (Å²) in [6.07, 6.45) is 11.2. The Morgan fingerprint density at radius 1 is 1.16 bits per heavy atom. The summed E-state index contributed by atoms with van der Waals surface area (Å²) in [5.41, 5.74) is 0. The minimum Gasteiger partial charge on any atom is -0.356 e. The van der Waals surface area contributed by atoms with Crippen molar-refractivity contribution in [2.24, 2.45) is 5.92 Å². The van der Waals surface area contributed by atoms with E-state index in [9.17, 15) is 4.79 Å². The van der Waals surface area contributed by atoms with Gasteiger partial charge in [0.05, 0.1) is 0 Å². The highest BCUT2D eigenvalue weighted by molar-refractivity contribution is 5.78. The molecule has 1 saturated carbocycles. The summed E-state index contributed by atoms with van der Waals surface area (Å²) in [5.74, 6) is 0.626. The average molecular weight is 266 g/mol. The normalized spacial score (nSPS) is 25.6. The molecule has 1 aliphatic carbocycles. The Morgan fingerprint density at radius 2 is 1.89 bits per heavy atom. The quantitative estimate of drug-likeness (QED) is 0.750. The van der Waals surface area contributed by atoms with Crippen LogP contribution >= 0.6 is 0 Å². The molecule has 0 aromatic heterocycles. The van der Waals surface area contributed by atoms with Gasteiger partial charge in [0.2, 0.25) is 5.91 Å². The van der Waals surface area contributed by atoms with Crippen LogP contribution in [0.3, 0.4) is 0 Å². The van der Waals surface area contributed by atoms with E-state index < -0.39 is 0 Å². The molecular formula is C16H30N2O. The molecule has 1 atom stereocenters. The van der Waals surface area contributed by atoms with Gasteiger partial charge in [0.15, 0.2) is 0 Å². The Labute approximate surface area is 118 Å². The topological polar surface area (TPSA) is 32.3 Å². The van der Waals surface area contributed by atoms with Gasteiger partial charge < -0.3 is 10.2 Å². The van der Waals surface area contributed by atoms with E-state index in [1.165, 1.54) is 45.1 Å². The van der Waals surface area contributed by atoms with Crippen LogP contribution in [0.5, 0.6) is 0 Å². The Kier molecular flexibility index (Phi) is 6.15. The molecule has 3 nitrogen and oxygen atoms in total. The maximum Gasteiger partial charge on any atom is 0.223 e. The molecule has 3 heteroatoms. The number of carbonyl (C=O) groups is 1. The second kappa shape index (κ2) is 7.88. The summed E-state index contributed by atoms with van der Waals surface area (Å²) >= 11 is 0. The predicted octanol–water partition coefficient (Wildman–Crippen LogP) is 2.95. The van der Waals surface area contributed by atoms with E-state index in [1.54, 1.807) is 0 Å². The average Bonchev–Trinajstić information content (AvgIpc) is 2.98. The largest absolute Gasteiger partial charge is 0.356 e. The van der Waals surface area contributed by atoms with Crippen LogP contribution in [0.25, 0.3) is 0 Å². The summed E-state index contributed by atoms with van der Waals surface area (Å²) < 4.78 is 0. The van der Waals surface area contributed by atoms with Crippen LogP contribution < -0.4 is 5.32 Å². The van der Waals surface area contributed by atoms with Crippen LogP contribution in [-0.2, 0) is 4.79 Å². The first-order valence-corrected chi connectivity index (χ1v) is 8.33. The lowest BCUT2D eigenvalue weighted by Crippen LogP contribution is -2.41. The van der Waals surface area contributed by atoms with Gasteiger partial charge in [-0.25, -0.2) is 0 Å². The zero-order chi connectivity index (χ0) is 13.5. The van der Waals surface area contributed by atoms with Gasteiger partial charge in [0.1, 0.15) is 0 Å². The number of nitrogens with one attached hydrogen (secondary N) is 1. The van der Waals surface area contributed by atoms with E-state index >= 15 is 0 Å². The number of rotatable bonds is 6. The first-order valence-electron chi connectivity index (χ1n) is 8.33. The van der Waals surface area contributed by atoms with Crippen LogP contribution in [0.1, 0.15) is 64.7 Å². The van der Waals surface area contributed by atoms with Crippen LogP contribution in [0.4, 0.5) is 0 Å². The van der Waals surface area contributed by atoms with Gasteiger partial charge in [-0.1, -0.05) is 26.2 Å². The monoisotopic (exact) mass is 266 g/mol. The van der Waals surface area contributed by atoms with Crippen molar-refractivity contribution in [3.8, 4) is 0 Å². The van der Waals surface area contributed by atoms with Gasteiger partial charge in [0, 0.05) is 25.0 Å². The zero-order valence-corrected chi connectivity index (χ0v) is 12.5. The first-order chi connectivity index (χ1) is 9.31. The number of carbonyl (C=O) groups excluding carboxylic acids is 1. The minimum absolute atomic E-state index is 0.309. The van der Waals surface area contributed by atoms with Gasteiger partial charge >= 0.3 is 0 Å². The molecule has 2 rings (SSSR count). The van der Waals surface area contributed by atoms with Gasteiger partial charge in [-0.3, -0.25) is 4.79 Å². The molecule has 1 aliphatic heterocycles. The lowest BCUT2D eigenvalue weighted by Gasteiger charge is -2.35. The molecule has 1 heterocycles. The van der Waals surface area contributed by atoms with Gasteiger partial charge in [0.25, 0.3) is 0 Å². The van der Waals surface area contributed by atoms with Crippen molar-refractivity contribution in [2.75, 3.05) is 19.6 Å². The second-order valence-electron chi connectivity index (χ2n) is 6.22. The smallest absolute Gasteiger partial charge is 0.223 e. The van der Waals surface area contributed by atoms with Crippen molar-refractivity contribution in [2.45, 2.75) is 70.8 Å². The fourth-order valence-electron chi connectivity index (χ4n) is 3.64. The molecule has 0 aromatic carbocycles. The van der Waals surface area contributed by atoms with Crippen LogP contribution in [0, 0.1) is 5.92 Å². The number of hydrogen-bond donors (Lipinski definition) is 1. The highest BCUT2D eigenvalue weighted by atomic mass is 16.1. The number of piperidine rings is 1. The maximum atomic E-state index is 11.9. The van der Waals surface area contributed by atoms with Gasteiger partial charge in [-0.05, 0) is 45.1 Å². The summed E-state index contributed by atoms with van der Waals surface area (Å²) in [6.45, 7) is 5.58. The second-order valence-corrected chi connectivity index (χ2v) is 6.22. The molecule has 0 spiro atoms. The third-order valence-electron chi connectivity index (χ3n) is 4.87. The molecule has 0 radical (unpaired) electrons. The molecule has 110 valence electrons. The molecule has 1 amide bonds. The van der Waals surface area contributed by atoms with Crippen LogP contribution in [0.15, 0.2) is 0 Å². The van der Waals surface area contributed by atoms with E-state index in [-0.39, 0.29) is 0 Å². The van der Waals surface area contributed by atoms with Crippen molar-refractivity contribution in [1.29, 1.82) is 0 Å². The molecule has 0 bridgehead atoms. The van der Waals surface area contributed by atoms with Gasteiger partial charge in [-0.15, -0.1) is 0 Å². The number of nitrogens with zero attached hydrogens (tertiary/aromatic N) is 1. The number of hydrogen-bond acceptors (Lipinski definition) is 2. The van der Waals surface area contributed by atoms with E-state index in [4.69, 9.17) is 0 Å². The summed E-state index contributed by atoms with van der Waals surface area (Å²) in [5, 5.41) is 3.13. The molecule has 1 saturated heterocycles. The molecule has 1 N–H and O–H groups in total. The Hall–Kier alpha value is -0.570. The van der Waals surface area contributed by atoms with Crippen LogP contribution in [-0.4, -0.2) is 36.5 Å². The Morgan fingerprint density at radius 3 is 2.63 bits per heavy atom. The molecular weight excluding hydrogens is 236 g/mol. The third-order valence-corrected chi connectivity index (χ3v) is 4.87. The minimum atomic E-state index is 0.309. The molecule has 2 fully saturated rings. The highest BCUT2D eigenvalue weighted by Crippen LogP contribution is 2.24. The first kappa shape index (κ1) is 14.8. The van der Waals surface area contributed by atoms with Crippen molar-refractivity contribution in [1.82, 2.24) is 10.2 Å². The lowest BCUT2D eigenvalue weighted by molar-refractivity contribution is -0.124. The van der Waals surface area contributed by atoms with Crippen molar-refractivity contribution in [3.05, 3.63) is 0 Å². The highest BCUT2D eigenvalue weighted by Gasteiger charge is 2.22. The number of likely N-dealkylation sites (tertiary alicyclic amines) is 1. The maximum absolute atomic E-state index is 11.9. The predicted molar refractivity (Wildman–Crippen MR) is 79.1 cm³/mol. The van der Waals surface area contributed by atoms with Crippen molar-refractivity contribution < 1.29 is 4.79 Å². The SMILES string of the molecule is CC[C@@H]1CCCCN1CCCNC(=O)C1CCCC1. The summed E-state index contributed by atoms with van der Waals surface area (Å²) in [6, 6.07) is 0.791. The van der Waals surface area contributed by atoms with E-state index in [0.29, 0.717) is 11.8 Å². The Balaban J connectivity index is 1.59. The summed E-state index contributed by atoms with van der Waals surface area (Å²) in [4.78, 5) is 14.5. The van der Waals surface area contributed by atoms with E-state index in [2.05, 4.69) is 17.1 Å².